The van der Waals surface area contributed by atoms with Gasteiger partial charge in [-0.15, -0.1) is 0 Å². The van der Waals surface area contributed by atoms with Crippen LogP contribution in [0.5, 0.6) is 0 Å². The van der Waals surface area contributed by atoms with Gasteiger partial charge in [-0.1, -0.05) is 20.8 Å². The molecule has 0 aromatic heterocycles. The molecular formula is C10H23NS. The molecule has 2 atom stereocenters. The monoisotopic (exact) mass is 189 g/mol. The number of thioether (sulfide) groups is 1. The zero-order chi connectivity index (χ0) is 9.56. The second-order valence-corrected chi connectivity index (χ2v) is 5.28. The molecule has 1 nitrogen and oxygen atoms in total. The zero-order valence-corrected chi connectivity index (χ0v) is 9.87. The van der Waals surface area contributed by atoms with Crippen molar-refractivity contribution in [2.75, 3.05) is 12.8 Å². The average Bonchev–Trinajstić information content (AvgIpc) is 2.03. The fraction of sp³-hybridized carbons (Fsp3) is 1.00. The Kier molecular flexibility index (Phi) is 6.96. The molecule has 0 amide bonds. The zero-order valence-electron chi connectivity index (χ0n) is 9.05. The maximum absolute atomic E-state index is 3.25. The van der Waals surface area contributed by atoms with Crippen molar-refractivity contribution in [1.29, 1.82) is 0 Å². The van der Waals surface area contributed by atoms with Gasteiger partial charge in [-0.05, 0) is 32.1 Å². The summed E-state index contributed by atoms with van der Waals surface area (Å²) in [6.45, 7) is 9.14. The van der Waals surface area contributed by atoms with E-state index in [-0.39, 0.29) is 0 Å². The Labute approximate surface area is 81.7 Å². The molecule has 2 unspecified atom stereocenters. The van der Waals surface area contributed by atoms with Crippen LogP contribution in [0.4, 0.5) is 0 Å². The van der Waals surface area contributed by atoms with Gasteiger partial charge in [0.05, 0.1) is 0 Å². The normalized spacial score (nSPS) is 16.5. The molecule has 0 bridgehead atoms. The van der Waals surface area contributed by atoms with Crippen molar-refractivity contribution in [3.05, 3.63) is 0 Å². The molecule has 0 saturated carbocycles. The second kappa shape index (κ2) is 6.79. The fourth-order valence-corrected chi connectivity index (χ4v) is 2.01. The Bertz CT molecular complexity index is 104. The largest absolute Gasteiger partial charge is 0.317 e. The third-order valence-corrected chi connectivity index (χ3v) is 3.90. The smallest absolute Gasteiger partial charge is 0.00435 e. The Hall–Kier alpha value is 0.310. The molecule has 12 heavy (non-hydrogen) atoms. The van der Waals surface area contributed by atoms with Gasteiger partial charge in [0.25, 0.3) is 0 Å². The predicted octanol–water partition coefficient (Wildman–Crippen LogP) is 2.76. The lowest BCUT2D eigenvalue weighted by Gasteiger charge is -2.16. The van der Waals surface area contributed by atoms with E-state index in [1.807, 2.05) is 7.05 Å². The maximum Gasteiger partial charge on any atom is 0.00435 e. The molecule has 1 N–H and O–H groups in total. The highest BCUT2D eigenvalue weighted by molar-refractivity contribution is 7.99. The van der Waals surface area contributed by atoms with Gasteiger partial charge in [-0.3, -0.25) is 0 Å². The van der Waals surface area contributed by atoms with Crippen LogP contribution in [0.1, 0.15) is 34.1 Å². The van der Waals surface area contributed by atoms with Crippen LogP contribution in [0.3, 0.4) is 0 Å². The summed E-state index contributed by atoms with van der Waals surface area (Å²) in [7, 11) is 2.03. The van der Waals surface area contributed by atoms with E-state index in [0.717, 1.165) is 11.2 Å². The van der Waals surface area contributed by atoms with E-state index < -0.39 is 0 Å². The number of hydrogen-bond donors (Lipinski definition) is 1. The standard InChI is InChI=1S/C10H23NS/c1-8(2)10(4)12-7-6-9(3)11-5/h8-11H,6-7H2,1-5H3. The number of rotatable bonds is 6. The summed E-state index contributed by atoms with van der Waals surface area (Å²) in [6, 6.07) is 0.664. The Morgan fingerprint density at radius 2 is 1.75 bits per heavy atom. The van der Waals surface area contributed by atoms with E-state index in [1.54, 1.807) is 0 Å². The fourth-order valence-electron chi connectivity index (χ4n) is 0.767. The van der Waals surface area contributed by atoms with Crippen LogP contribution in [0.15, 0.2) is 0 Å². The molecule has 0 aliphatic heterocycles. The summed E-state index contributed by atoms with van der Waals surface area (Å²) >= 11 is 2.09. The van der Waals surface area contributed by atoms with Gasteiger partial charge in [0, 0.05) is 11.3 Å². The van der Waals surface area contributed by atoms with Gasteiger partial charge in [0.15, 0.2) is 0 Å². The van der Waals surface area contributed by atoms with Crippen molar-refractivity contribution in [3.63, 3.8) is 0 Å². The highest BCUT2D eigenvalue weighted by Crippen LogP contribution is 2.19. The summed E-state index contributed by atoms with van der Waals surface area (Å²) in [5.41, 5.74) is 0. The molecule has 0 aromatic rings. The van der Waals surface area contributed by atoms with Crippen molar-refractivity contribution < 1.29 is 0 Å². The highest BCUT2D eigenvalue weighted by Gasteiger charge is 2.07. The topological polar surface area (TPSA) is 12.0 Å². The Morgan fingerprint density at radius 1 is 1.17 bits per heavy atom. The summed E-state index contributed by atoms with van der Waals surface area (Å²) in [6.07, 6.45) is 1.28. The first-order valence-electron chi connectivity index (χ1n) is 4.86. The van der Waals surface area contributed by atoms with E-state index in [9.17, 15) is 0 Å². The van der Waals surface area contributed by atoms with E-state index in [1.165, 1.54) is 12.2 Å². The molecule has 0 aromatic carbocycles. The quantitative estimate of drug-likeness (QED) is 0.689. The Balaban J connectivity index is 3.30. The summed E-state index contributed by atoms with van der Waals surface area (Å²) in [5.74, 6) is 2.08. The number of hydrogen-bond acceptors (Lipinski definition) is 2. The molecule has 0 rings (SSSR count). The lowest BCUT2D eigenvalue weighted by atomic mass is 10.2. The van der Waals surface area contributed by atoms with E-state index >= 15 is 0 Å². The van der Waals surface area contributed by atoms with Gasteiger partial charge in [0.2, 0.25) is 0 Å². The molecule has 0 radical (unpaired) electrons. The SMILES string of the molecule is CNC(C)CCSC(C)C(C)C. The Morgan fingerprint density at radius 3 is 2.17 bits per heavy atom. The van der Waals surface area contributed by atoms with E-state index in [2.05, 4.69) is 44.8 Å². The lowest BCUT2D eigenvalue weighted by molar-refractivity contribution is 0.594. The van der Waals surface area contributed by atoms with Crippen LogP contribution in [0.2, 0.25) is 0 Å². The summed E-state index contributed by atoms with van der Waals surface area (Å²) < 4.78 is 0. The highest BCUT2D eigenvalue weighted by atomic mass is 32.2. The second-order valence-electron chi connectivity index (χ2n) is 3.80. The molecule has 0 saturated heterocycles. The maximum atomic E-state index is 3.25. The van der Waals surface area contributed by atoms with Crippen molar-refractivity contribution in [3.8, 4) is 0 Å². The first kappa shape index (κ1) is 12.3. The molecular weight excluding hydrogens is 166 g/mol. The van der Waals surface area contributed by atoms with Crippen molar-refractivity contribution in [2.45, 2.75) is 45.4 Å². The van der Waals surface area contributed by atoms with Crippen molar-refractivity contribution in [1.82, 2.24) is 5.32 Å². The van der Waals surface area contributed by atoms with Crippen molar-refractivity contribution >= 4 is 11.8 Å². The molecule has 0 aliphatic rings. The van der Waals surface area contributed by atoms with Crippen LogP contribution < -0.4 is 5.32 Å². The first-order chi connectivity index (χ1) is 5.57. The van der Waals surface area contributed by atoms with Gasteiger partial charge < -0.3 is 5.32 Å². The minimum Gasteiger partial charge on any atom is -0.317 e. The average molecular weight is 189 g/mol. The molecule has 2 heteroatoms. The predicted molar refractivity (Wildman–Crippen MR) is 59.9 cm³/mol. The lowest BCUT2D eigenvalue weighted by Crippen LogP contribution is -2.22. The third-order valence-electron chi connectivity index (χ3n) is 2.36. The van der Waals surface area contributed by atoms with E-state index in [4.69, 9.17) is 0 Å². The molecule has 0 aliphatic carbocycles. The van der Waals surface area contributed by atoms with Crippen LogP contribution in [-0.2, 0) is 0 Å². The van der Waals surface area contributed by atoms with Crippen LogP contribution in [0.25, 0.3) is 0 Å². The summed E-state index contributed by atoms with van der Waals surface area (Å²) in [4.78, 5) is 0. The summed E-state index contributed by atoms with van der Waals surface area (Å²) in [5, 5.41) is 4.05. The third kappa shape index (κ3) is 5.90. The van der Waals surface area contributed by atoms with Gasteiger partial charge in [-0.25, -0.2) is 0 Å². The van der Waals surface area contributed by atoms with E-state index in [0.29, 0.717) is 6.04 Å². The molecule has 0 spiro atoms. The van der Waals surface area contributed by atoms with Crippen LogP contribution >= 0.6 is 11.8 Å². The van der Waals surface area contributed by atoms with Crippen LogP contribution in [-0.4, -0.2) is 24.1 Å². The number of nitrogens with one attached hydrogen (secondary N) is 1. The molecule has 0 heterocycles. The molecule has 0 fully saturated rings. The van der Waals surface area contributed by atoms with Gasteiger partial charge in [0.1, 0.15) is 0 Å². The minimum atomic E-state index is 0.664. The van der Waals surface area contributed by atoms with Gasteiger partial charge in [-0.2, -0.15) is 11.8 Å². The van der Waals surface area contributed by atoms with Gasteiger partial charge >= 0.3 is 0 Å². The molecule has 74 valence electrons. The minimum absolute atomic E-state index is 0.664. The van der Waals surface area contributed by atoms with Crippen molar-refractivity contribution in [2.24, 2.45) is 5.92 Å². The first-order valence-corrected chi connectivity index (χ1v) is 5.91. The van der Waals surface area contributed by atoms with Crippen LogP contribution in [0, 0.1) is 5.92 Å².